The first-order valence-electron chi connectivity index (χ1n) is 13.8. The van der Waals surface area contributed by atoms with Gasteiger partial charge in [-0.05, 0) is 72.7 Å². The molecule has 0 saturated carbocycles. The van der Waals surface area contributed by atoms with Gasteiger partial charge in [0.25, 0.3) is 0 Å². The minimum absolute atomic E-state index is 0.140. The Balaban J connectivity index is 1.75. The summed E-state index contributed by atoms with van der Waals surface area (Å²) in [6.07, 6.45) is 12.4. The molecule has 2 aromatic rings. The number of allylic oxidation sites excluding steroid dienone is 2. The number of ether oxygens (including phenoxy) is 5. The van der Waals surface area contributed by atoms with Gasteiger partial charge in [-0.15, -0.1) is 0 Å². The third-order valence-electron chi connectivity index (χ3n) is 6.96. The van der Waals surface area contributed by atoms with Crippen LogP contribution in [0.5, 0.6) is 11.5 Å². The molecule has 0 spiro atoms. The lowest BCUT2D eigenvalue weighted by molar-refractivity contribution is 0.0276. The topological polar surface area (TPSA) is 46.2 Å². The molecular formula is C34H44O5. The van der Waals surface area contributed by atoms with Crippen LogP contribution in [0, 0.1) is 12.8 Å². The minimum Gasteiger partial charge on any atom is -0.493 e. The van der Waals surface area contributed by atoms with Crippen molar-refractivity contribution in [3.05, 3.63) is 87.9 Å². The molecule has 0 radical (unpaired) electrons. The van der Waals surface area contributed by atoms with Crippen molar-refractivity contribution in [1.82, 2.24) is 0 Å². The molecule has 0 aromatic heterocycles. The van der Waals surface area contributed by atoms with Gasteiger partial charge in [0.05, 0.1) is 26.9 Å². The van der Waals surface area contributed by atoms with Crippen molar-refractivity contribution in [2.45, 2.75) is 59.7 Å². The highest BCUT2D eigenvalue weighted by atomic mass is 16.5. The highest BCUT2D eigenvalue weighted by molar-refractivity contribution is 5.72. The van der Waals surface area contributed by atoms with E-state index in [0.29, 0.717) is 6.61 Å². The zero-order valence-electron chi connectivity index (χ0n) is 24.7. The van der Waals surface area contributed by atoms with Gasteiger partial charge in [0.2, 0.25) is 0 Å². The first-order valence-corrected chi connectivity index (χ1v) is 13.8. The fourth-order valence-electron chi connectivity index (χ4n) is 4.49. The van der Waals surface area contributed by atoms with Gasteiger partial charge < -0.3 is 23.7 Å². The molecule has 3 atom stereocenters. The van der Waals surface area contributed by atoms with Gasteiger partial charge in [0, 0.05) is 13.0 Å². The van der Waals surface area contributed by atoms with E-state index in [1.54, 1.807) is 21.3 Å². The van der Waals surface area contributed by atoms with Crippen molar-refractivity contribution in [1.29, 1.82) is 0 Å². The normalized spacial score (nSPS) is 18.4. The van der Waals surface area contributed by atoms with E-state index in [2.05, 4.69) is 89.3 Å². The van der Waals surface area contributed by atoms with Gasteiger partial charge in [-0.25, -0.2) is 0 Å². The lowest BCUT2D eigenvalue weighted by atomic mass is 9.88. The van der Waals surface area contributed by atoms with E-state index >= 15 is 0 Å². The zero-order chi connectivity index (χ0) is 28.4. The van der Waals surface area contributed by atoms with Gasteiger partial charge in [-0.1, -0.05) is 69.3 Å². The molecule has 1 aliphatic carbocycles. The maximum atomic E-state index is 6.08. The summed E-state index contributed by atoms with van der Waals surface area (Å²) < 4.78 is 29.1. The molecule has 0 amide bonds. The quantitative estimate of drug-likeness (QED) is 0.243. The third kappa shape index (κ3) is 7.79. The lowest BCUT2D eigenvalue weighted by Gasteiger charge is -2.31. The molecule has 210 valence electrons. The van der Waals surface area contributed by atoms with Crippen LogP contribution in [0.2, 0.25) is 0 Å². The summed E-state index contributed by atoms with van der Waals surface area (Å²) in [5.41, 5.74) is 5.51. The average Bonchev–Trinajstić information content (AvgIpc) is 2.95. The van der Waals surface area contributed by atoms with Gasteiger partial charge >= 0.3 is 0 Å². The summed E-state index contributed by atoms with van der Waals surface area (Å²) in [6.45, 7) is 11.1. The number of hydrogen-bond acceptors (Lipinski definition) is 5. The van der Waals surface area contributed by atoms with E-state index in [1.807, 2.05) is 12.1 Å². The van der Waals surface area contributed by atoms with Crippen molar-refractivity contribution in [3.63, 3.8) is 0 Å². The Morgan fingerprint density at radius 2 is 1.51 bits per heavy atom. The van der Waals surface area contributed by atoms with Crippen LogP contribution in [0.4, 0.5) is 0 Å². The maximum Gasteiger partial charge on any atom is 0.167 e. The zero-order valence-corrected chi connectivity index (χ0v) is 24.7. The van der Waals surface area contributed by atoms with Crippen molar-refractivity contribution >= 4 is 18.2 Å². The van der Waals surface area contributed by atoms with E-state index in [1.165, 1.54) is 0 Å². The summed E-state index contributed by atoms with van der Waals surface area (Å²) in [6, 6.07) is 12.6. The number of rotatable bonds is 13. The van der Waals surface area contributed by atoms with Crippen LogP contribution in [-0.4, -0.2) is 40.1 Å². The van der Waals surface area contributed by atoms with Crippen molar-refractivity contribution in [2.75, 3.05) is 27.9 Å². The Labute approximate surface area is 234 Å². The monoisotopic (exact) mass is 532 g/mol. The molecule has 0 heterocycles. The van der Waals surface area contributed by atoms with Crippen LogP contribution in [0.25, 0.3) is 18.2 Å². The molecule has 0 aliphatic heterocycles. The molecule has 0 N–H and O–H groups in total. The smallest absolute Gasteiger partial charge is 0.167 e. The van der Waals surface area contributed by atoms with Crippen LogP contribution in [0.3, 0.4) is 0 Å². The highest BCUT2D eigenvalue weighted by Crippen LogP contribution is 2.35. The lowest BCUT2D eigenvalue weighted by Crippen LogP contribution is -2.30. The molecule has 0 fully saturated rings. The van der Waals surface area contributed by atoms with Gasteiger partial charge in [0.15, 0.2) is 23.0 Å². The van der Waals surface area contributed by atoms with Crippen molar-refractivity contribution in [3.8, 4) is 11.5 Å². The van der Waals surface area contributed by atoms with Crippen LogP contribution in [0.1, 0.15) is 62.8 Å². The van der Waals surface area contributed by atoms with E-state index in [0.717, 1.165) is 63.7 Å². The Morgan fingerprint density at radius 3 is 2.08 bits per heavy atom. The molecule has 3 rings (SSSR count). The molecule has 2 aromatic carbocycles. The second-order valence-corrected chi connectivity index (χ2v) is 9.91. The fourth-order valence-corrected chi connectivity index (χ4v) is 4.49. The molecule has 5 nitrogen and oxygen atoms in total. The summed E-state index contributed by atoms with van der Waals surface area (Å²) in [7, 11) is 5.07. The summed E-state index contributed by atoms with van der Waals surface area (Å²) in [5.74, 6) is 3.21. The molecule has 39 heavy (non-hydrogen) atoms. The SMILES string of the molecule is CCCOC1=C(OC)C=C(/C=C/c2ccc(/C=C/c3cc(C)c(OC(C)CC)c(OC)c3)cc2)C(C)C1OC. The van der Waals surface area contributed by atoms with E-state index in [9.17, 15) is 0 Å². The van der Waals surface area contributed by atoms with E-state index in [-0.39, 0.29) is 18.1 Å². The number of methoxy groups -OCH3 is 3. The maximum absolute atomic E-state index is 6.08. The fraction of sp³-hybridized carbons (Fsp3) is 0.412. The molecule has 5 heteroatoms. The third-order valence-corrected chi connectivity index (χ3v) is 6.96. The summed E-state index contributed by atoms with van der Waals surface area (Å²) in [5, 5.41) is 0. The molecule has 0 bridgehead atoms. The summed E-state index contributed by atoms with van der Waals surface area (Å²) in [4.78, 5) is 0. The molecule has 1 aliphatic rings. The standard InChI is InChI=1S/C34H44O5/c1-9-19-38-34-31(36-7)22-29(25(5)33(34)37-8)18-17-27-13-11-26(12-14-27)15-16-28-20-23(3)32(30(21-28)35-6)39-24(4)10-2/h11-18,20-22,24-25,33H,9-10,19H2,1-8H3/b16-15+,18-17+. The van der Waals surface area contributed by atoms with Crippen LogP contribution in [0.15, 0.2) is 65.6 Å². The van der Waals surface area contributed by atoms with E-state index in [4.69, 9.17) is 23.7 Å². The van der Waals surface area contributed by atoms with E-state index < -0.39 is 0 Å². The second-order valence-electron chi connectivity index (χ2n) is 9.91. The number of hydrogen-bond donors (Lipinski definition) is 0. The predicted molar refractivity (Wildman–Crippen MR) is 161 cm³/mol. The Bertz CT molecular complexity index is 1200. The largest absolute Gasteiger partial charge is 0.493 e. The Morgan fingerprint density at radius 1 is 0.872 bits per heavy atom. The highest BCUT2D eigenvalue weighted by Gasteiger charge is 2.32. The van der Waals surface area contributed by atoms with Crippen molar-refractivity contribution in [2.24, 2.45) is 5.92 Å². The molecule has 3 unspecified atom stereocenters. The van der Waals surface area contributed by atoms with Gasteiger partial charge in [-0.3, -0.25) is 0 Å². The Kier molecular flexibility index (Phi) is 11.3. The van der Waals surface area contributed by atoms with Crippen LogP contribution < -0.4 is 9.47 Å². The van der Waals surface area contributed by atoms with Crippen molar-refractivity contribution < 1.29 is 23.7 Å². The number of aryl methyl sites for hydroxylation is 1. The van der Waals surface area contributed by atoms with Crippen LogP contribution in [-0.2, 0) is 14.2 Å². The number of benzene rings is 2. The summed E-state index contributed by atoms with van der Waals surface area (Å²) >= 11 is 0. The first-order chi connectivity index (χ1) is 18.8. The van der Waals surface area contributed by atoms with Gasteiger partial charge in [0.1, 0.15) is 6.10 Å². The molecule has 0 saturated heterocycles. The van der Waals surface area contributed by atoms with Crippen LogP contribution >= 0.6 is 0 Å². The predicted octanol–water partition coefficient (Wildman–Crippen LogP) is 8.24. The van der Waals surface area contributed by atoms with Gasteiger partial charge in [-0.2, -0.15) is 0 Å². The molecular weight excluding hydrogens is 488 g/mol. The minimum atomic E-state index is -0.179. The first kappa shape index (κ1) is 30.1. The Hall–Kier alpha value is -3.44. The second kappa shape index (κ2) is 14.6. The average molecular weight is 533 g/mol.